The van der Waals surface area contributed by atoms with Crippen LogP contribution in [-0.4, -0.2) is 42.4 Å². The Labute approximate surface area is 181 Å². The van der Waals surface area contributed by atoms with Gasteiger partial charge in [-0.25, -0.2) is 4.79 Å². The van der Waals surface area contributed by atoms with E-state index in [-0.39, 0.29) is 13.1 Å². The summed E-state index contributed by atoms with van der Waals surface area (Å²) in [5, 5.41) is 5.42. The summed E-state index contributed by atoms with van der Waals surface area (Å²) in [7, 11) is 0. The third-order valence-electron chi connectivity index (χ3n) is 5.97. The number of hydrogen-bond donors (Lipinski definition) is 2. The highest BCUT2D eigenvalue weighted by atomic mass is 16.5. The smallest absolute Gasteiger partial charge is 0.325 e. The Hall–Kier alpha value is -3.35. The van der Waals surface area contributed by atoms with Crippen LogP contribution in [0, 0.1) is 6.92 Å². The number of carbonyl (C=O) groups excluding carboxylic acids is 3. The largest absolute Gasteiger partial charge is 0.492 e. The molecule has 4 amide bonds. The van der Waals surface area contributed by atoms with Gasteiger partial charge in [-0.1, -0.05) is 35.9 Å². The summed E-state index contributed by atoms with van der Waals surface area (Å²) >= 11 is 0. The Morgan fingerprint density at radius 2 is 1.87 bits per heavy atom. The van der Waals surface area contributed by atoms with E-state index in [4.69, 9.17) is 4.74 Å². The molecule has 1 fully saturated rings. The third-order valence-corrected chi connectivity index (χ3v) is 5.97. The normalized spacial score (nSPS) is 19.9. The molecule has 1 aliphatic heterocycles. The Morgan fingerprint density at radius 3 is 2.65 bits per heavy atom. The van der Waals surface area contributed by atoms with E-state index in [9.17, 15) is 14.4 Å². The second kappa shape index (κ2) is 8.41. The maximum absolute atomic E-state index is 12.9. The molecule has 2 aromatic carbocycles. The van der Waals surface area contributed by atoms with Crippen molar-refractivity contribution in [3.63, 3.8) is 0 Å². The van der Waals surface area contributed by atoms with Gasteiger partial charge in [0.25, 0.3) is 5.91 Å². The van der Waals surface area contributed by atoms with Crippen molar-refractivity contribution in [3.05, 3.63) is 64.7 Å². The Balaban J connectivity index is 1.28. The quantitative estimate of drug-likeness (QED) is 0.531. The minimum Gasteiger partial charge on any atom is -0.492 e. The zero-order valence-electron chi connectivity index (χ0n) is 17.9. The van der Waals surface area contributed by atoms with Crippen molar-refractivity contribution in [2.24, 2.45) is 0 Å². The van der Waals surface area contributed by atoms with Crippen LogP contribution < -0.4 is 15.4 Å². The van der Waals surface area contributed by atoms with Crippen LogP contribution in [0.1, 0.15) is 35.6 Å². The molecule has 0 saturated carbocycles. The lowest BCUT2D eigenvalue weighted by molar-refractivity contribution is -0.134. The zero-order chi connectivity index (χ0) is 22.0. The van der Waals surface area contributed by atoms with E-state index in [1.807, 2.05) is 37.3 Å². The van der Waals surface area contributed by atoms with E-state index < -0.39 is 23.4 Å². The van der Waals surface area contributed by atoms with Gasteiger partial charge in [-0.15, -0.1) is 0 Å². The van der Waals surface area contributed by atoms with Crippen LogP contribution in [0.15, 0.2) is 42.5 Å². The summed E-state index contributed by atoms with van der Waals surface area (Å²) in [6, 6.07) is 12.9. The van der Waals surface area contributed by atoms with Gasteiger partial charge in [-0.3, -0.25) is 14.5 Å². The van der Waals surface area contributed by atoms with Gasteiger partial charge in [0.05, 0.1) is 6.54 Å². The highest BCUT2D eigenvalue weighted by molar-refractivity contribution is 6.09. The monoisotopic (exact) mass is 421 g/mol. The summed E-state index contributed by atoms with van der Waals surface area (Å²) < 4.78 is 5.72. The molecule has 1 unspecified atom stereocenters. The van der Waals surface area contributed by atoms with Gasteiger partial charge in [-0.2, -0.15) is 0 Å². The van der Waals surface area contributed by atoms with Gasteiger partial charge >= 0.3 is 6.03 Å². The number of ether oxygens (including phenoxy) is 1. The SMILES string of the molecule is Cc1ccc(C2(C)NC(=O)N(CC(=O)NCCOc3ccc4c(c3)CCC4)C2=O)cc1. The molecule has 0 radical (unpaired) electrons. The second-order valence-corrected chi connectivity index (χ2v) is 8.29. The van der Waals surface area contributed by atoms with E-state index in [0.29, 0.717) is 12.2 Å². The highest BCUT2D eigenvalue weighted by Gasteiger charge is 2.49. The maximum atomic E-state index is 12.9. The van der Waals surface area contributed by atoms with Crippen molar-refractivity contribution in [1.29, 1.82) is 0 Å². The molecule has 31 heavy (non-hydrogen) atoms. The predicted octanol–water partition coefficient (Wildman–Crippen LogP) is 2.45. The Bertz CT molecular complexity index is 1020. The molecule has 7 heteroatoms. The molecule has 0 spiro atoms. The molecule has 2 aromatic rings. The molecule has 0 aromatic heterocycles. The predicted molar refractivity (Wildman–Crippen MR) is 116 cm³/mol. The van der Waals surface area contributed by atoms with Crippen molar-refractivity contribution in [3.8, 4) is 5.75 Å². The molecule has 4 rings (SSSR count). The Morgan fingerprint density at radius 1 is 1.13 bits per heavy atom. The standard InChI is InChI=1S/C24H27N3O4/c1-16-6-9-19(10-7-16)24(2)22(29)27(23(30)26-24)15-21(28)25-12-13-31-20-11-8-17-4-3-5-18(17)14-20/h6-11,14H,3-5,12-13,15H2,1-2H3,(H,25,28)(H,26,30). The number of rotatable bonds is 7. The van der Waals surface area contributed by atoms with Gasteiger partial charge in [0.2, 0.25) is 5.91 Å². The van der Waals surface area contributed by atoms with Crippen molar-refractivity contribution >= 4 is 17.8 Å². The molecular formula is C24H27N3O4. The molecule has 1 saturated heterocycles. The first-order valence-corrected chi connectivity index (χ1v) is 10.6. The summed E-state index contributed by atoms with van der Waals surface area (Å²) in [6.07, 6.45) is 3.38. The lowest BCUT2D eigenvalue weighted by Gasteiger charge is -2.22. The molecule has 2 N–H and O–H groups in total. The first-order chi connectivity index (χ1) is 14.9. The minimum atomic E-state index is -1.18. The van der Waals surface area contributed by atoms with Crippen molar-refractivity contribution < 1.29 is 19.1 Å². The van der Waals surface area contributed by atoms with Crippen LogP contribution in [0.2, 0.25) is 0 Å². The summed E-state index contributed by atoms with van der Waals surface area (Å²) in [5.41, 5.74) is 3.27. The fraction of sp³-hybridized carbons (Fsp3) is 0.375. The van der Waals surface area contributed by atoms with Crippen molar-refractivity contribution in [1.82, 2.24) is 15.5 Å². The molecule has 1 heterocycles. The second-order valence-electron chi connectivity index (χ2n) is 8.29. The number of hydrogen-bond acceptors (Lipinski definition) is 4. The molecule has 0 bridgehead atoms. The molecule has 162 valence electrons. The third kappa shape index (κ3) is 4.26. The average Bonchev–Trinajstić information content (AvgIpc) is 3.30. The molecule has 1 atom stereocenters. The maximum Gasteiger partial charge on any atom is 0.325 e. The van der Waals surface area contributed by atoms with Crippen molar-refractivity contribution in [2.45, 2.75) is 38.6 Å². The first kappa shape index (κ1) is 20.9. The molecular weight excluding hydrogens is 394 g/mol. The molecule has 2 aliphatic rings. The lowest BCUT2D eigenvalue weighted by atomic mass is 9.91. The number of benzene rings is 2. The number of amides is 4. The highest BCUT2D eigenvalue weighted by Crippen LogP contribution is 2.29. The average molecular weight is 421 g/mol. The minimum absolute atomic E-state index is 0.287. The van der Waals surface area contributed by atoms with Crippen LogP contribution in [0.5, 0.6) is 5.75 Å². The van der Waals surface area contributed by atoms with Gasteiger partial charge in [-0.05, 0) is 61.9 Å². The summed E-state index contributed by atoms with van der Waals surface area (Å²) in [6.45, 7) is 3.87. The van der Waals surface area contributed by atoms with Crippen molar-refractivity contribution in [2.75, 3.05) is 19.7 Å². The van der Waals surface area contributed by atoms with E-state index in [0.717, 1.165) is 29.1 Å². The molecule has 1 aliphatic carbocycles. The van der Waals surface area contributed by atoms with Gasteiger partial charge < -0.3 is 15.4 Å². The van der Waals surface area contributed by atoms with Crippen LogP contribution >= 0.6 is 0 Å². The first-order valence-electron chi connectivity index (χ1n) is 10.6. The van der Waals surface area contributed by atoms with Gasteiger partial charge in [0.15, 0.2) is 0 Å². The van der Waals surface area contributed by atoms with E-state index in [1.54, 1.807) is 6.92 Å². The number of carbonyl (C=O) groups is 3. The number of imide groups is 1. The number of nitrogens with one attached hydrogen (secondary N) is 2. The summed E-state index contributed by atoms with van der Waals surface area (Å²) in [5.74, 6) is -0.0574. The van der Waals surface area contributed by atoms with Gasteiger partial charge in [0.1, 0.15) is 24.4 Å². The van der Waals surface area contributed by atoms with E-state index in [1.165, 1.54) is 17.5 Å². The number of fused-ring (bicyclic) bond motifs is 1. The molecule has 7 nitrogen and oxygen atoms in total. The van der Waals surface area contributed by atoms with Crippen LogP contribution in [0.4, 0.5) is 4.79 Å². The zero-order valence-corrected chi connectivity index (χ0v) is 17.9. The van der Waals surface area contributed by atoms with E-state index in [2.05, 4.69) is 22.8 Å². The number of urea groups is 1. The van der Waals surface area contributed by atoms with Crippen LogP contribution in [-0.2, 0) is 28.0 Å². The Kier molecular flexibility index (Phi) is 5.67. The van der Waals surface area contributed by atoms with E-state index >= 15 is 0 Å². The topological polar surface area (TPSA) is 87.7 Å². The fourth-order valence-corrected chi connectivity index (χ4v) is 4.12. The van der Waals surface area contributed by atoms with Crippen LogP contribution in [0.3, 0.4) is 0 Å². The summed E-state index contributed by atoms with van der Waals surface area (Å²) in [4.78, 5) is 38.5. The number of nitrogens with zero attached hydrogens (tertiary/aromatic N) is 1. The van der Waals surface area contributed by atoms with Crippen LogP contribution in [0.25, 0.3) is 0 Å². The van der Waals surface area contributed by atoms with Gasteiger partial charge in [0, 0.05) is 0 Å². The fourth-order valence-electron chi connectivity index (χ4n) is 4.12. The number of aryl methyl sites for hydroxylation is 3. The lowest BCUT2D eigenvalue weighted by Crippen LogP contribution is -2.43.